The van der Waals surface area contributed by atoms with Gasteiger partial charge < -0.3 is 0 Å². The fourth-order valence-electron chi connectivity index (χ4n) is 2.86. The first-order chi connectivity index (χ1) is 10.2. The molecule has 1 aliphatic rings. The SMILES string of the molecule is Cc1ccc(CCC(=O)c2cccc(C3CCC3)c2)cc1. The highest BCUT2D eigenvalue weighted by atomic mass is 16.1. The first kappa shape index (κ1) is 14.1. The van der Waals surface area contributed by atoms with Crippen molar-refractivity contribution >= 4 is 5.78 Å². The minimum atomic E-state index is 0.261. The Hall–Kier alpha value is -1.89. The fraction of sp³-hybridized carbons (Fsp3) is 0.350. The van der Waals surface area contributed by atoms with Crippen molar-refractivity contribution in [2.75, 3.05) is 0 Å². The molecular formula is C20H22O. The second-order valence-electron chi connectivity index (χ2n) is 6.16. The first-order valence-electron chi connectivity index (χ1n) is 7.91. The lowest BCUT2D eigenvalue weighted by Gasteiger charge is -2.26. The monoisotopic (exact) mass is 278 g/mol. The maximum absolute atomic E-state index is 12.4. The molecule has 0 radical (unpaired) electrons. The molecule has 0 atom stereocenters. The van der Waals surface area contributed by atoms with E-state index < -0.39 is 0 Å². The zero-order valence-corrected chi connectivity index (χ0v) is 12.6. The van der Waals surface area contributed by atoms with Gasteiger partial charge in [-0.2, -0.15) is 0 Å². The summed E-state index contributed by atoms with van der Waals surface area (Å²) in [6, 6.07) is 16.7. The second kappa shape index (κ2) is 6.26. The fourth-order valence-corrected chi connectivity index (χ4v) is 2.86. The molecule has 0 aliphatic heterocycles. The van der Waals surface area contributed by atoms with Gasteiger partial charge in [0.25, 0.3) is 0 Å². The maximum Gasteiger partial charge on any atom is 0.163 e. The van der Waals surface area contributed by atoms with E-state index in [9.17, 15) is 4.79 Å². The average molecular weight is 278 g/mol. The molecule has 21 heavy (non-hydrogen) atoms. The number of carbonyl (C=O) groups excluding carboxylic acids is 1. The van der Waals surface area contributed by atoms with E-state index in [0.29, 0.717) is 12.3 Å². The van der Waals surface area contributed by atoms with Crippen LogP contribution in [-0.4, -0.2) is 5.78 Å². The smallest absolute Gasteiger partial charge is 0.163 e. The molecule has 0 unspecified atom stereocenters. The van der Waals surface area contributed by atoms with E-state index in [1.165, 1.54) is 36.0 Å². The molecule has 0 aromatic heterocycles. The third kappa shape index (κ3) is 3.41. The molecule has 3 rings (SSSR count). The van der Waals surface area contributed by atoms with E-state index in [1.54, 1.807) is 0 Å². The van der Waals surface area contributed by atoms with Gasteiger partial charge in [-0.05, 0) is 49.3 Å². The number of hydrogen-bond acceptors (Lipinski definition) is 1. The number of rotatable bonds is 5. The van der Waals surface area contributed by atoms with Crippen LogP contribution in [0, 0.1) is 6.92 Å². The van der Waals surface area contributed by atoms with Crippen LogP contribution in [0.1, 0.15) is 58.6 Å². The quantitative estimate of drug-likeness (QED) is 0.697. The van der Waals surface area contributed by atoms with E-state index in [-0.39, 0.29) is 5.78 Å². The van der Waals surface area contributed by atoms with E-state index in [0.717, 1.165) is 12.0 Å². The number of benzene rings is 2. The van der Waals surface area contributed by atoms with Crippen LogP contribution >= 0.6 is 0 Å². The summed E-state index contributed by atoms with van der Waals surface area (Å²) in [6.45, 7) is 2.08. The van der Waals surface area contributed by atoms with Crippen molar-refractivity contribution in [1.82, 2.24) is 0 Å². The highest BCUT2D eigenvalue weighted by molar-refractivity contribution is 5.96. The summed E-state index contributed by atoms with van der Waals surface area (Å²) in [5, 5.41) is 0. The third-order valence-electron chi connectivity index (χ3n) is 4.55. The lowest BCUT2D eigenvalue weighted by Crippen LogP contribution is -2.10. The Bertz CT molecular complexity index is 621. The molecule has 0 saturated heterocycles. The molecule has 2 aromatic carbocycles. The van der Waals surface area contributed by atoms with E-state index >= 15 is 0 Å². The molecule has 0 heterocycles. The van der Waals surface area contributed by atoms with E-state index in [2.05, 4.69) is 43.3 Å². The van der Waals surface area contributed by atoms with Crippen molar-refractivity contribution in [1.29, 1.82) is 0 Å². The molecule has 0 N–H and O–H groups in total. The van der Waals surface area contributed by atoms with Crippen LogP contribution in [0.3, 0.4) is 0 Å². The number of aryl methyl sites for hydroxylation is 2. The van der Waals surface area contributed by atoms with Gasteiger partial charge in [-0.1, -0.05) is 54.4 Å². The summed E-state index contributed by atoms with van der Waals surface area (Å²) in [4.78, 5) is 12.4. The van der Waals surface area contributed by atoms with E-state index in [1.807, 2.05) is 12.1 Å². The van der Waals surface area contributed by atoms with Gasteiger partial charge in [-0.15, -0.1) is 0 Å². The molecule has 1 heteroatoms. The van der Waals surface area contributed by atoms with Crippen LogP contribution in [0.15, 0.2) is 48.5 Å². The molecule has 1 fully saturated rings. The van der Waals surface area contributed by atoms with Gasteiger partial charge in [0.1, 0.15) is 0 Å². The normalized spacial score (nSPS) is 14.7. The summed E-state index contributed by atoms with van der Waals surface area (Å²) in [5.41, 5.74) is 4.73. The van der Waals surface area contributed by atoms with Crippen LogP contribution in [0.5, 0.6) is 0 Å². The zero-order valence-electron chi connectivity index (χ0n) is 12.6. The summed E-state index contributed by atoms with van der Waals surface area (Å²) in [5.74, 6) is 0.951. The second-order valence-corrected chi connectivity index (χ2v) is 6.16. The van der Waals surface area contributed by atoms with Crippen LogP contribution in [0.25, 0.3) is 0 Å². The van der Waals surface area contributed by atoms with Crippen molar-refractivity contribution in [2.24, 2.45) is 0 Å². The van der Waals surface area contributed by atoms with Crippen LogP contribution in [-0.2, 0) is 6.42 Å². The van der Waals surface area contributed by atoms with Gasteiger partial charge in [0.15, 0.2) is 5.78 Å². The molecular weight excluding hydrogens is 256 g/mol. The Morgan fingerprint density at radius 2 is 1.86 bits per heavy atom. The minimum absolute atomic E-state index is 0.261. The van der Waals surface area contributed by atoms with Gasteiger partial charge in [0.05, 0.1) is 0 Å². The van der Waals surface area contributed by atoms with E-state index in [4.69, 9.17) is 0 Å². The molecule has 2 aromatic rings. The summed E-state index contributed by atoms with van der Waals surface area (Å²) < 4.78 is 0. The molecule has 0 bridgehead atoms. The molecule has 1 nitrogen and oxygen atoms in total. The largest absolute Gasteiger partial charge is 0.294 e. The number of Topliss-reactive ketones (excluding diaryl/α,β-unsaturated/α-hetero) is 1. The molecule has 108 valence electrons. The van der Waals surface area contributed by atoms with Crippen LogP contribution in [0.4, 0.5) is 0 Å². The Morgan fingerprint density at radius 1 is 1.10 bits per heavy atom. The van der Waals surface area contributed by atoms with Crippen molar-refractivity contribution in [3.8, 4) is 0 Å². The van der Waals surface area contributed by atoms with Crippen molar-refractivity contribution in [2.45, 2.75) is 44.9 Å². The van der Waals surface area contributed by atoms with Gasteiger partial charge in [0.2, 0.25) is 0 Å². The molecule has 1 saturated carbocycles. The Kier molecular flexibility index (Phi) is 4.19. The summed E-state index contributed by atoms with van der Waals surface area (Å²) >= 11 is 0. The van der Waals surface area contributed by atoms with Crippen LogP contribution in [0.2, 0.25) is 0 Å². The number of hydrogen-bond donors (Lipinski definition) is 0. The zero-order chi connectivity index (χ0) is 14.7. The van der Waals surface area contributed by atoms with Crippen LogP contribution < -0.4 is 0 Å². The Balaban J connectivity index is 1.63. The average Bonchev–Trinajstić information content (AvgIpc) is 2.45. The lowest BCUT2D eigenvalue weighted by molar-refractivity contribution is 0.0982. The minimum Gasteiger partial charge on any atom is -0.294 e. The number of ketones is 1. The Labute approximate surface area is 127 Å². The highest BCUT2D eigenvalue weighted by Gasteiger charge is 2.20. The molecule has 0 amide bonds. The molecule has 0 spiro atoms. The van der Waals surface area contributed by atoms with Gasteiger partial charge in [-0.25, -0.2) is 0 Å². The van der Waals surface area contributed by atoms with Gasteiger partial charge in [-0.3, -0.25) is 4.79 Å². The third-order valence-corrected chi connectivity index (χ3v) is 4.55. The van der Waals surface area contributed by atoms with Crippen molar-refractivity contribution in [3.05, 3.63) is 70.8 Å². The number of carbonyl (C=O) groups is 1. The predicted octanol–water partition coefficient (Wildman–Crippen LogP) is 5.08. The molecule has 1 aliphatic carbocycles. The lowest BCUT2D eigenvalue weighted by atomic mass is 9.79. The predicted molar refractivity (Wildman–Crippen MR) is 86.9 cm³/mol. The first-order valence-corrected chi connectivity index (χ1v) is 7.91. The highest BCUT2D eigenvalue weighted by Crippen LogP contribution is 2.36. The van der Waals surface area contributed by atoms with Crippen molar-refractivity contribution in [3.63, 3.8) is 0 Å². The van der Waals surface area contributed by atoms with Crippen molar-refractivity contribution < 1.29 is 4.79 Å². The maximum atomic E-state index is 12.4. The standard InChI is InChI=1S/C20H22O/c1-15-8-10-16(11-9-15)12-13-20(21)19-7-3-6-18(14-19)17-4-2-5-17/h3,6-11,14,17H,2,4-5,12-13H2,1H3. The van der Waals surface area contributed by atoms with Gasteiger partial charge in [0, 0.05) is 12.0 Å². The summed E-state index contributed by atoms with van der Waals surface area (Å²) in [6.07, 6.45) is 5.31. The summed E-state index contributed by atoms with van der Waals surface area (Å²) in [7, 11) is 0. The van der Waals surface area contributed by atoms with Gasteiger partial charge >= 0.3 is 0 Å². The topological polar surface area (TPSA) is 17.1 Å². The Morgan fingerprint density at radius 3 is 2.52 bits per heavy atom.